The molecule has 2 rings (SSSR count). The molecule has 1 atom stereocenters. The Hall–Kier alpha value is -1.42. The minimum absolute atomic E-state index is 0.0397. The first-order valence-electron chi connectivity index (χ1n) is 6.64. The van der Waals surface area contributed by atoms with Crippen LogP contribution in [0.4, 0.5) is 0 Å². The van der Waals surface area contributed by atoms with Gasteiger partial charge in [-0.25, -0.2) is 0 Å². The number of hydrogen-bond donors (Lipinski definition) is 2. The molecule has 1 fully saturated rings. The molecule has 0 radical (unpaired) electrons. The fourth-order valence-corrected chi connectivity index (χ4v) is 2.08. The first-order valence-corrected chi connectivity index (χ1v) is 6.64. The molecule has 1 aliphatic heterocycles. The largest absolute Gasteiger partial charge is 0.352 e. The molecular formula is C14H21N3O. The average Bonchev–Trinajstić information content (AvgIpc) is 2.90. The molecule has 0 bridgehead atoms. The van der Waals surface area contributed by atoms with Crippen LogP contribution in [-0.4, -0.2) is 24.0 Å². The number of carbonyl (C=O) groups excluding carboxylic acids is 1. The average molecular weight is 247 g/mol. The summed E-state index contributed by atoms with van der Waals surface area (Å²) in [5, 5.41) is 6.29. The molecule has 1 amide bonds. The zero-order chi connectivity index (χ0) is 13.0. The summed E-state index contributed by atoms with van der Waals surface area (Å²) >= 11 is 0. The summed E-state index contributed by atoms with van der Waals surface area (Å²) < 4.78 is 0. The quantitative estimate of drug-likeness (QED) is 0.854. The Morgan fingerprint density at radius 1 is 1.56 bits per heavy atom. The summed E-state index contributed by atoms with van der Waals surface area (Å²) in [5.41, 5.74) is 1.67. The first-order chi connectivity index (χ1) is 8.66. The monoisotopic (exact) mass is 247 g/mol. The maximum absolute atomic E-state index is 11.8. The van der Waals surface area contributed by atoms with Crippen molar-refractivity contribution < 1.29 is 4.79 Å². The molecule has 2 N–H and O–H groups in total. The highest BCUT2D eigenvalue weighted by atomic mass is 16.1. The molecule has 0 aromatic carbocycles. The van der Waals surface area contributed by atoms with E-state index in [-0.39, 0.29) is 5.91 Å². The lowest BCUT2D eigenvalue weighted by atomic mass is 10.1. The summed E-state index contributed by atoms with van der Waals surface area (Å²) in [5.74, 6) is 0.422. The standard InChI is InChI=1S/C14H21N3O/c1-10(2)8-17-14(18)11-5-6-13(16-9-11)12-4-3-7-15-12/h5-6,9-10,12,15H,3-4,7-8H2,1-2H3,(H,17,18). The van der Waals surface area contributed by atoms with Crippen LogP contribution in [-0.2, 0) is 0 Å². The Morgan fingerprint density at radius 2 is 2.39 bits per heavy atom. The van der Waals surface area contributed by atoms with Crippen molar-refractivity contribution in [1.82, 2.24) is 15.6 Å². The van der Waals surface area contributed by atoms with Crippen molar-refractivity contribution in [3.8, 4) is 0 Å². The molecule has 0 saturated carbocycles. The van der Waals surface area contributed by atoms with Crippen molar-refractivity contribution in [2.24, 2.45) is 5.92 Å². The fraction of sp³-hybridized carbons (Fsp3) is 0.571. The molecule has 1 saturated heterocycles. The highest BCUT2D eigenvalue weighted by Gasteiger charge is 2.17. The molecule has 1 aromatic heterocycles. The van der Waals surface area contributed by atoms with Crippen LogP contribution >= 0.6 is 0 Å². The van der Waals surface area contributed by atoms with Gasteiger partial charge in [-0.2, -0.15) is 0 Å². The summed E-state index contributed by atoms with van der Waals surface area (Å²) in [6.45, 7) is 5.91. The Labute approximate surface area is 108 Å². The van der Waals surface area contributed by atoms with Crippen molar-refractivity contribution in [2.75, 3.05) is 13.1 Å². The van der Waals surface area contributed by atoms with E-state index in [1.807, 2.05) is 12.1 Å². The second-order valence-corrected chi connectivity index (χ2v) is 5.22. The second kappa shape index (κ2) is 5.96. The molecule has 4 nitrogen and oxygen atoms in total. The fourth-order valence-electron chi connectivity index (χ4n) is 2.08. The summed E-state index contributed by atoms with van der Waals surface area (Å²) in [4.78, 5) is 16.2. The zero-order valence-electron chi connectivity index (χ0n) is 11.1. The minimum atomic E-state index is -0.0397. The second-order valence-electron chi connectivity index (χ2n) is 5.22. The first kappa shape index (κ1) is 13.0. The van der Waals surface area contributed by atoms with E-state index in [1.54, 1.807) is 6.20 Å². The van der Waals surface area contributed by atoms with Crippen LogP contribution in [0, 0.1) is 5.92 Å². The lowest BCUT2D eigenvalue weighted by Crippen LogP contribution is -2.27. The van der Waals surface area contributed by atoms with E-state index >= 15 is 0 Å². The maximum Gasteiger partial charge on any atom is 0.252 e. The van der Waals surface area contributed by atoms with Crippen LogP contribution in [0.2, 0.25) is 0 Å². The van der Waals surface area contributed by atoms with Crippen molar-refractivity contribution >= 4 is 5.91 Å². The number of pyridine rings is 1. The molecule has 0 aliphatic carbocycles. The van der Waals surface area contributed by atoms with Crippen LogP contribution in [0.3, 0.4) is 0 Å². The van der Waals surface area contributed by atoms with Gasteiger partial charge in [-0.05, 0) is 37.4 Å². The minimum Gasteiger partial charge on any atom is -0.352 e. The van der Waals surface area contributed by atoms with Crippen LogP contribution in [0.1, 0.15) is 48.8 Å². The van der Waals surface area contributed by atoms with Gasteiger partial charge in [0.25, 0.3) is 5.91 Å². The predicted molar refractivity (Wildman–Crippen MR) is 71.4 cm³/mol. The Bertz CT molecular complexity index is 394. The van der Waals surface area contributed by atoms with Crippen molar-refractivity contribution in [3.05, 3.63) is 29.6 Å². The van der Waals surface area contributed by atoms with Gasteiger partial charge in [0.05, 0.1) is 11.3 Å². The van der Waals surface area contributed by atoms with E-state index in [0.29, 0.717) is 24.1 Å². The van der Waals surface area contributed by atoms with E-state index in [1.165, 1.54) is 6.42 Å². The number of carbonyl (C=O) groups is 1. The van der Waals surface area contributed by atoms with E-state index < -0.39 is 0 Å². The van der Waals surface area contributed by atoms with Gasteiger partial charge in [0.2, 0.25) is 0 Å². The van der Waals surface area contributed by atoms with Crippen molar-refractivity contribution in [3.63, 3.8) is 0 Å². The summed E-state index contributed by atoms with van der Waals surface area (Å²) in [6.07, 6.45) is 4.00. The van der Waals surface area contributed by atoms with E-state index in [0.717, 1.165) is 18.7 Å². The van der Waals surface area contributed by atoms with Crippen LogP contribution in [0.15, 0.2) is 18.3 Å². The van der Waals surface area contributed by atoms with Gasteiger partial charge in [-0.15, -0.1) is 0 Å². The van der Waals surface area contributed by atoms with E-state index in [9.17, 15) is 4.79 Å². The van der Waals surface area contributed by atoms with Gasteiger partial charge in [-0.3, -0.25) is 9.78 Å². The van der Waals surface area contributed by atoms with Gasteiger partial charge < -0.3 is 10.6 Å². The van der Waals surface area contributed by atoms with Crippen molar-refractivity contribution in [2.45, 2.75) is 32.7 Å². The topological polar surface area (TPSA) is 54.0 Å². The number of aromatic nitrogens is 1. The molecule has 98 valence electrons. The molecule has 1 unspecified atom stereocenters. The van der Waals surface area contributed by atoms with Gasteiger partial charge in [0.1, 0.15) is 0 Å². The number of nitrogens with one attached hydrogen (secondary N) is 2. The SMILES string of the molecule is CC(C)CNC(=O)c1ccc(C2CCCN2)nc1. The summed E-state index contributed by atoms with van der Waals surface area (Å²) in [7, 11) is 0. The van der Waals surface area contributed by atoms with Crippen LogP contribution in [0.25, 0.3) is 0 Å². The van der Waals surface area contributed by atoms with Crippen molar-refractivity contribution in [1.29, 1.82) is 0 Å². The molecule has 1 aliphatic rings. The zero-order valence-corrected chi connectivity index (χ0v) is 11.1. The lowest BCUT2D eigenvalue weighted by molar-refractivity contribution is 0.0948. The van der Waals surface area contributed by atoms with Crippen LogP contribution in [0.5, 0.6) is 0 Å². The van der Waals surface area contributed by atoms with E-state index in [2.05, 4.69) is 29.5 Å². The highest BCUT2D eigenvalue weighted by molar-refractivity contribution is 5.93. The number of rotatable bonds is 4. The molecule has 2 heterocycles. The third kappa shape index (κ3) is 3.29. The number of hydrogen-bond acceptors (Lipinski definition) is 3. The molecule has 4 heteroatoms. The number of nitrogens with zero attached hydrogens (tertiary/aromatic N) is 1. The Kier molecular flexibility index (Phi) is 4.31. The molecule has 0 spiro atoms. The molecule has 1 aromatic rings. The van der Waals surface area contributed by atoms with Gasteiger partial charge in [-0.1, -0.05) is 13.8 Å². The van der Waals surface area contributed by atoms with Gasteiger partial charge in [0, 0.05) is 18.8 Å². The lowest BCUT2D eigenvalue weighted by Gasteiger charge is -2.10. The Balaban J connectivity index is 1.96. The third-order valence-corrected chi connectivity index (χ3v) is 3.14. The third-order valence-electron chi connectivity index (χ3n) is 3.14. The van der Waals surface area contributed by atoms with E-state index in [4.69, 9.17) is 0 Å². The van der Waals surface area contributed by atoms with Gasteiger partial charge in [0.15, 0.2) is 0 Å². The maximum atomic E-state index is 11.8. The summed E-state index contributed by atoms with van der Waals surface area (Å²) in [6, 6.07) is 4.17. The molecular weight excluding hydrogens is 226 g/mol. The number of amides is 1. The van der Waals surface area contributed by atoms with Crippen LogP contribution < -0.4 is 10.6 Å². The predicted octanol–water partition coefficient (Wildman–Crippen LogP) is 1.89. The normalized spacial score (nSPS) is 19.2. The smallest absolute Gasteiger partial charge is 0.252 e. The highest BCUT2D eigenvalue weighted by Crippen LogP contribution is 2.20. The van der Waals surface area contributed by atoms with Gasteiger partial charge >= 0.3 is 0 Å². The molecule has 18 heavy (non-hydrogen) atoms. The Morgan fingerprint density at radius 3 is 2.94 bits per heavy atom.